The summed E-state index contributed by atoms with van der Waals surface area (Å²) in [5.41, 5.74) is 0. The molecule has 0 aromatic rings. The van der Waals surface area contributed by atoms with Crippen molar-refractivity contribution in [2.75, 3.05) is 13.6 Å². The van der Waals surface area contributed by atoms with E-state index in [1.807, 2.05) is 0 Å². The second-order valence-electron chi connectivity index (χ2n) is 0.924. The van der Waals surface area contributed by atoms with Crippen molar-refractivity contribution in [3.8, 4) is 0 Å². The van der Waals surface area contributed by atoms with Gasteiger partial charge in [-0.15, -0.1) is 0 Å². The molecule has 0 aromatic heterocycles. The van der Waals surface area contributed by atoms with Crippen molar-refractivity contribution in [1.29, 1.82) is 0 Å². The summed E-state index contributed by atoms with van der Waals surface area (Å²) in [6.07, 6.45) is 0. The van der Waals surface area contributed by atoms with E-state index in [2.05, 4.69) is 5.32 Å². The van der Waals surface area contributed by atoms with Crippen molar-refractivity contribution in [3.05, 3.63) is 0 Å². The molecule has 0 saturated carbocycles. The standard InChI is InChI=1S/C3H7NO2.2Na.2H/c1-4-2-3(5)6;;;;/h4H,2H2,1H3,(H,5,6);;;;/q;2*+1;2*-1. The van der Waals surface area contributed by atoms with E-state index in [4.69, 9.17) is 5.11 Å². The van der Waals surface area contributed by atoms with E-state index in [0.29, 0.717) is 0 Å². The van der Waals surface area contributed by atoms with Crippen LogP contribution in [-0.4, -0.2) is 24.7 Å². The Kier molecular flexibility index (Phi) is 22.8. The molecule has 2 N–H and O–H groups in total. The molecule has 0 bridgehead atoms. The number of carbonyl (C=O) groups is 1. The van der Waals surface area contributed by atoms with E-state index in [1.165, 1.54) is 0 Å². The Morgan fingerprint density at radius 3 is 2.12 bits per heavy atom. The van der Waals surface area contributed by atoms with Crippen LogP contribution in [0.15, 0.2) is 0 Å². The zero-order valence-corrected chi connectivity index (χ0v) is 9.56. The molecule has 0 spiro atoms. The quantitative estimate of drug-likeness (QED) is 0.372. The van der Waals surface area contributed by atoms with E-state index in [0.717, 1.165) is 0 Å². The van der Waals surface area contributed by atoms with Gasteiger partial charge in [0.1, 0.15) is 0 Å². The van der Waals surface area contributed by atoms with Gasteiger partial charge in [-0.05, 0) is 7.05 Å². The number of hydrogen-bond donors (Lipinski definition) is 2. The molecule has 0 aliphatic carbocycles. The van der Waals surface area contributed by atoms with Crippen LogP contribution in [0.2, 0.25) is 0 Å². The summed E-state index contributed by atoms with van der Waals surface area (Å²) in [5, 5.41) is 10.3. The second-order valence-corrected chi connectivity index (χ2v) is 0.924. The number of likely N-dealkylation sites (N-methyl/N-ethyl adjacent to an activating group) is 1. The Balaban J connectivity index is -0.0000000208. The summed E-state index contributed by atoms with van der Waals surface area (Å²) >= 11 is 0. The molecule has 0 rings (SSSR count). The molecule has 0 saturated heterocycles. The van der Waals surface area contributed by atoms with Gasteiger partial charge in [0.25, 0.3) is 0 Å². The fourth-order valence-electron chi connectivity index (χ4n) is 0.151. The topological polar surface area (TPSA) is 49.3 Å². The van der Waals surface area contributed by atoms with E-state index in [9.17, 15) is 4.79 Å². The van der Waals surface area contributed by atoms with Crippen LogP contribution >= 0.6 is 0 Å². The number of carboxylic acid groups (broad SMARTS) is 1. The van der Waals surface area contributed by atoms with E-state index < -0.39 is 5.97 Å². The number of nitrogens with one attached hydrogen (secondary N) is 1. The molecule has 0 fully saturated rings. The maximum Gasteiger partial charge on any atom is 1.00 e. The zero-order valence-electron chi connectivity index (χ0n) is 7.56. The molecule has 0 radical (unpaired) electrons. The second kappa shape index (κ2) is 11.3. The van der Waals surface area contributed by atoms with Gasteiger partial charge >= 0.3 is 65.1 Å². The normalized spacial score (nSPS) is 6.12. The third-order valence-electron chi connectivity index (χ3n) is 0.328. The third-order valence-corrected chi connectivity index (χ3v) is 0.328. The largest absolute Gasteiger partial charge is 1.00 e. The Morgan fingerprint density at radius 2 is 2.12 bits per heavy atom. The van der Waals surface area contributed by atoms with Gasteiger partial charge < -0.3 is 13.3 Å². The third kappa shape index (κ3) is 15.7. The minimum atomic E-state index is -0.822. The first-order valence-electron chi connectivity index (χ1n) is 1.63. The summed E-state index contributed by atoms with van der Waals surface area (Å²) in [6, 6.07) is 0. The van der Waals surface area contributed by atoms with Crippen molar-refractivity contribution in [3.63, 3.8) is 0 Å². The monoisotopic (exact) mass is 137 g/mol. The van der Waals surface area contributed by atoms with Crippen LogP contribution in [-0.2, 0) is 4.79 Å². The number of rotatable bonds is 2. The predicted molar refractivity (Wildman–Crippen MR) is 23.8 cm³/mol. The fourth-order valence-corrected chi connectivity index (χ4v) is 0.151. The molecule has 8 heavy (non-hydrogen) atoms. The molecule has 0 heterocycles. The molecule has 5 heteroatoms. The van der Waals surface area contributed by atoms with Crippen LogP contribution in [0.1, 0.15) is 2.85 Å². The molecule has 3 nitrogen and oxygen atoms in total. The minimum absolute atomic E-state index is 0. The van der Waals surface area contributed by atoms with Crippen LogP contribution in [0.25, 0.3) is 0 Å². The summed E-state index contributed by atoms with van der Waals surface area (Å²) in [5.74, 6) is -0.822. The zero-order chi connectivity index (χ0) is 4.99. The van der Waals surface area contributed by atoms with Gasteiger partial charge in [-0.1, -0.05) is 0 Å². The van der Waals surface area contributed by atoms with Crippen LogP contribution in [0.5, 0.6) is 0 Å². The smallest absolute Gasteiger partial charge is 1.00 e. The SMILES string of the molecule is CNCC(=O)O.[H-].[H-].[Na+].[Na+]. The molecule has 0 unspecified atom stereocenters. The van der Waals surface area contributed by atoms with Crippen molar-refractivity contribution >= 4 is 5.97 Å². The average molecular weight is 137 g/mol. The van der Waals surface area contributed by atoms with Crippen LogP contribution in [0.3, 0.4) is 0 Å². The fraction of sp³-hybridized carbons (Fsp3) is 0.667. The number of carboxylic acids is 1. The predicted octanol–water partition coefficient (Wildman–Crippen LogP) is -6.48. The number of aliphatic carboxylic acids is 1. The molecule has 0 aliphatic rings. The number of hydrogen-bond acceptors (Lipinski definition) is 2. The molecule has 0 aromatic carbocycles. The molecule has 40 valence electrons. The molecular formula is C3H9NNa2O2. The minimum Gasteiger partial charge on any atom is -1.00 e. The van der Waals surface area contributed by atoms with Crippen LogP contribution in [0.4, 0.5) is 0 Å². The maximum absolute atomic E-state index is 9.54. The van der Waals surface area contributed by atoms with Crippen molar-refractivity contribution < 1.29 is 71.9 Å². The van der Waals surface area contributed by atoms with Gasteiger partial charge in [-0.3, -0.25) is 4.79 Å². The van der Waals surface area contributed by atoms with Gasteiger partial charge in [-0.25, -0.2) is 0 Å². The average Bonchev–Trinajstić information content (AvgIpc) is 1.35. The summed E-state index contributed by atoms with van der Waals surface area (Å²) in [4.78, 5) is 9.54. The Labute approximate surface area is 95.8 Å². The van der Waals surface area contributed by atoms with Crippen molar-refractivity contribution in [1.82, 2.24) is 5.32 Å². The maximum atomic E-state index is 9.54. The van der Waals surface area contributed by atoms with Crippen LogP contribution in [0, 0.1) is 0 Å². The first kappa shape index (κ1) is 16.2. The van der Waals surface area contributed by atoms with Gasteiger partial charge in [0.05, 0.1) is 6.54 Å². The van der Waals surface area contributed by atoms with Crippen molar-refractivity contribution in [2.24, 2.45) is 0 Å². The van der Waals surface area contributed by atoms with Gasteiger partial charge in [-0.2, -0.15) is 0 Å². The molecule has 0 aliphatic heterocycles. The van der Waals surface area contributed by atoms with Gasteiger partial charge in [0.2, 0.25) is 0 Å². The molecule has 0 atom stereocenters. The molecular weight excluding hydrogens is 128 g/mol. The molecule has 0 amide bonds. The van der Waals surface area contributed by atoms with E-state index >= 15 is 0 Å². The van der Waals surface area contributed by atoms with Gasteiger partial charge in [0.15, 0.2) is 0 Å². The van der Waals surface area contributed by atoms with Crippen molar-refractivity contribution in [2.45, 2.75) is 0 Å². The van der Waals surface area contributed by atoms with E-state index in [-0.39, 0.29) is 68.5 Å². The van der Waals surface area contributed by atoms with Crippen LogP contribution < -0.4 is 64.4 Å². The van der Waals surface area contributed by atoms with Gasteiger partial charge in [0, 0.05) is 0 Å². The Morgan fingerprint density at radius 1 is 1.75 bits per heavy atom. The first-order chi connectivity index (χ1) is 2.77. The Hall–Kier alpha value is 1.43. The summed E-state index contributed by atoms with van der Waals surface area (Å²) in [6.45, 7) is 0.0417. The Bertz CT molecular complexity index is 66.5. The summed E-state index contributed by atoms with van der Waals surface area (Å²) < 4.78 is 0. The van der Waals surface area contributed by atoms with E-state index in [1.54, 1.807) is 7.05 Å². The summed E-state index contributed by atoms with van der Waals surface area (Å²) in [7, 11) is 1.59. The first-order valence-corrected chi connectivity index (χ1v) is 1.63.